The van der Waals surface area contributed by atoms with Crippen LogP contribution in [-0.4, -0.2) is 54.5 Å². The second kappa shape index (κ2) is 10.0. The molecule has 0 fully saturated rings. The van der Waals surface area contributed by atoms with Gasteiger partial charge < -0.3 is 19.5 Å². The molecular formula is C20H26N2O6S. The summed E-state index contributed by atoms with van der Waals surface area (Å²) in [6.07, 6.45) is 1.03. The lowest BCUT2D eigenvalue weighted by Crippen LogP contribution is -2.41. The molecule has 0 radical (unpaired) electrons. The molecule has 0 atom stereocenters. The first-order valence-corrected chi connectivity index (χ1v) is 10.8. The van der Waals surface area contributed by atoms with Gasteiger partial charge in [0, 0.05) is 6.07 Å². The van der Waals surface area contributed by atoms with E-state index in [-0.39, 0.29) is 31.1 Å². The molecular weight excluding hydrogens is 396 g/mol. The van der Waals surface area contributed by atoms with Crippen molar-refractivity contribution >= 4 is 21.6 Å². The minimum Gasteiger partial charge on any atom is -0.497 e. The molecule has 0 unspecified atom stereocenters. The molecule has 158 valence electrons. The average Bonchev–Trinajstić information content (AvgIpc) is 2.69. The number of nitrogens with zero attached hydrogens (tertiary/aromatic N) is 1. The zero-order chi connectivity index (χ0) is 21.4. The van der Waals surface area contributed by atoms with Crippen LogP contribution in [-0.2, 0) is 14.8 Å². The Bertz CT molecular complexity index is 928. The third kappa shape index (κ3) is 6.56. The third-order valence-corrected chi connectivity index (χ3v) is 5.18. The summed E-state index contributed by atoms with van der Waals surface area (Å²) in [6, 6.07) is 12.2. The summed E-state index contributed by atoms with van der Waals surface area (Å²) in [5, 5.41) is 2.66. The number of nitrogens with one attached hydrogen (secondary N) is 1. The minimum atomic E-state index is -3.72. The molecule has 0 heterocycles. The van der Waals surface area contributed by atoms with E-state index in [0.29, 0.717) is 11.5 Å². The van der Waals surface area contributed by atoms with E-state index in [2.05, 4.69) is 5.32 Å². The number of amides is 1. The zero-order valence-electron chi connectivity index (χ0n) is 17.0. The second-order valence-corrected chi connectivity index (χ2v) is 8.23. The van der Waals surface area contributed by atoms with Crippen molar-refractivity contribution < 1.29 is 27.4 Å². The summed E-state index contributed by atoms with van der Waals surface area (Å²) < 4.78 is 41.5. The highest BCUT2D eigenvalue weighted by atomic mass is 32.2. The van der Waals surface area contributed by atoms with Crippen LogP contribution in [0.2, 0.25) is 0 Å². The van der Waals surface area contributed by atoms with E-state index in [9.17, 15) is 13.2 Å². The van der Waals surface area contributed by atoms with E-state index in [1.165, 1.54) is 20.3 Å². The van der Waals surface area contributed by atoms with Crippen LogP contribution in [0.1, 0.15) is 5.56 Å². The molecule has 0 aliphatic carbocycles. The van der Waals surface area contributed by atoms with E-state index in [0.717, 1.165) is 16.1 Å². The molecule has 2 aromatic rings. The van der Waals surface area contributed by atoms with E-state index >= 15 is 0 Å². The lowest BCUT2D eigenvalue weighted by Gasteiger charge is -2.24. The lowest BCUT2D eigenvalue weighted by atomic mass is 10.2. The van der Waals surface area contributed by atoms with Gasteiger partial charge in [-0.2, -0.15) is 0 Å². The smallest absolute Gasteiger partial charge is 0.240 e. The molecule has 0 saturated heterocycles. The zero-order valence-corrected chi connectivity index (χ0v) is 17.8. The average molecular weight is 423 g/mol. The van der Waals surface area contributed by atoms with Crippen molar-refractivity contribution in [1.29, 1.82) is 0 Å². The first-order chi connectivity index (χ1) is 13.7. The van der Waals surface area contributed by atoms with Gasteiger partial charge in [-0.05, 0) is 31.2 Å². The number of benzene rings is 2. The fourth-order valence-corrected chi connectivity index (χ4v) is 3.41. The Morgan fingerprint density at radius 1 is 1.03 bits per heavy atom. The van der Waals surface area contributed by atoms with Gasteiger partial charge >= 0.3 is 0 Å². The molecule has 8 nitrogen and oxygen atoms in total. The van der Waals surface area contributed by atoms with E-state index in [4.69, 9.17) is 14.2 Å². The molecule has 29 heavy (non-hydrogen) atoms. The van der Waals surface area contributed by atoms with Gasteiger partial charge in [0.2, 0.25) is 15.9 Å². The highest BCUT2D eigenvalue weighted by molar-refractivity contribution is 7.92. The standard InChI is InChI=1S/C20H26N2O6S/c1-15-5-7-16(8-6-15)28-12-11-21-20(23)14-22(29(4,24)25)18-10-9-17(26-2)13-19(18)27-3/h5-10,13H,11-12,14H2,1-4H3,(H,21,23). The van der Waals surface area contributed by atoms with Gasteiger partial charge in [-0.3, -0.25) is 9.10 Å². The Labute approximate surface area is 171 Å². The van der Waals surface area contributed by atoms with Gasteiger partial charge in [-0.1, -0.05) is 17.7 Å². The van der Waals surface area contributed by atoms with Crippen LogP contribution in [0.5, 0.6) is 17.2 Å². The molecule has 9 heteroatoms. The summed E-state index contributed by atoms with van der Waals surface area (Å²) in [6.45, 7) is 2.10. The number of carbonyl (C=O) groups is 1. The van der Waals surface area contributed by atoms with Crippen LogP contribution in [0.25, 0.3) is 0 Å². The van der Waals surface area contributed by atoms with Crippen LogP contribution in [0, 0.1) is 6.92 Å². The van der Waals surface area contributed by atoms with Gasteiger partial charge in [0.25, 0.3) is 0 Å². The second-order valence-electron chi connectivity index (χ2n) is 6.32. The van der Waals surface area contributed by atoms with E-state index < -0.39 is 15.9 Å². The lowest BCUT2D eigenvalue weighted by molar-refractivity contribution is -0.119. The SMILES string of the molecule is COc1ccc(N(CC(=O)NCCOc2ccc(C)cc2)S(C)(=O)=O)c(OC)c1. The molecule has 0 aliphatic heterocycles. The maximum absolute atomic E-state index is 12.3. The maximum atomic E-state index is 12.3. The van der Waals surface area contributed by atoms with Crippen LogP contribution < -0.4 is 23.8 Å². The van der Waals surface area contributed by atoms with Crippen molar-refractivity contribution in [1.82, 2.24) is 5.32 Å². The molecule has 0 aromatic heterocycles. The number of hydrogen-bond donors (Lipinski definition) is 1. The quantitative estimate of drug-likeness (QED) is 0.589. The largest absolute Gasteiger partial charge is 0.497 e. The highest BCUT2D eigenvalue weighted by Gasteiger charge is 2.24. The monoisotopic (exact) mass is 422 g/mol. The van der Waals surface area contributed by atoms with E-state index in [1.807, 2.05) is 31.2 Å². The maximum Gasteiger partial charge on any atom is 0.240 e. The van der Waals surface area contributed by atoms with Crippen molar-refractivity contribution in [3.63, 3.8) is 0 Å². The minimum absolute atomic E-state index is 0.240. The van der Waals surface area contributed by atoms with Crippen LogP contribution in [0.4, 0.5) is 5.69 Å². The van der Waals surface area contributed by atoms with Crippen molar-refractivity contribution in [2.45, 2.75) is 6.92 Å². The molecule has 2 aromatic carbocycles. The van der Waals surface area contributed by atoms with Crippen molar-refractivity contribution in [3.8, 4) is 17.2 Å². The summed E-state index contributed by atoms with van der Waals surface area (Å²) in [7, 11) is -0.810. The van der Waals surface area contributed by atoms with Crippen LogP contribution in [0.15, 0.2) is 42.5 Å². The summed E-state index contributed by atoms with van der Waals surface area (Å²) in [5.41, 5.74) is 1.38. The first kappa shape index (κ1) is 22.4. The van der Waals surface area contributed by atoms with Crippen molar-refractivity contribution in [3.05, 3.63) is 48.0 Å². The predicted molar refractivity (Wildman–Crippen MR) is 111 cm³/mol. The predicted octanol–water partition coefficient (Wildman–Crippen LogP) is 1.97. The number of methoxy groups -OCH3 is 2. The van der Waals surface area contributed by atoms with Gasteiger partial charge in [-0.25, -0.2) is 8.42 Å². The summed E-state index contributed by atoms with van der Waals surface area (Å²) >= 11 is 0. The molecule has 1 N–H and O–H groups in total. The van der Waals surface area contributed by atoms with E-state index in [1.54, 1.807) is 12.1 Å². The summed E-state index contributed by atoms with van der Waals surface area (Å²) in [4.78, 5) is 12.3. The molecule has 0 saturated carbocycles. The Balaban J connectivity index is 1.99. The van der Waals surface area contributed by atoms with Crippen molar-refractivity contribution in [2.24, 2.45) is 0 Å². The number of anilines is 1. The number of rotatable bonds is 10. The molecule has 1 amide bonds. The van der Waals surface area contributed by atoms with Gasteiger partial charge in [0.1, 0.15) is 30.4 Å². The Morgan fingerprint density at radius 2 is 1.69 bits per heavy atom. The van der Waals surface area contributed by atoms with Crippen LogP contribution in [0.3, 0.4) is 0 Å². The fraction of sp³-hybridized carbons (Fsp3) is 0.350. The van der Waals surface area contributed by atoms with Gasteiger partial charge in [0.05, 0.1) is 32.7 Å². The normalized spacial score (nSPS) is 10.9. The van der Waals surface area contributed by atoms with Crippen molar-refractivity contribution in [2.75, 3.05) is 44.5 Å². The molecule has 0 aliphatic rings. The Kier molecular flexibility index (Phi) is 7.72. The molecule has 0 spiro atoms. The highest BCUT2D eigenvalue weighted by Crippen LogP contribution is 2.33. The topological polar surface area (TPSA) is 94.2 Å². The number of aryl methyl sites for hydroxylation is 1. The third-order valence-electron chi connectivity index (χ3n) is 4.06. The number of ether oxygens (including phenoxy) is 3. The molecule has 2 rings (SSSR count). The molecule has 0 bridgehead atoms. The fourth-order valence-electron chi connectivity index (χ4n) is 2.55. The number of carbonyl (C=O) groups excluding carboxylic acids is 1. The first-order valence-electron chi connectivity index (χ1n) is 8.90. The van der Waals surface area contributed by atoms with Gasteiger partial charge in [0.15, 0.2) is 0 Å². The number of hydrogen-bond acceptors (Lipinski definition) is 6. The number of sulfonamides is 1. The van der Waals surface area contributed by atoms with Crippen LogP contribution >= 0.6 is 0 Å². The Morgan fingerprint density at radius 3 is 2.28 bits per heavy atom. The Hall–Kier alpha value is -2.94. The summed E-state index contributed by atoms with van der Waals surface area (Å²) in [5.74, 6) is 1.04. The van der Waals surface area contributed by atoms with Gasteiger partial charge in [-0.15, -0.1) is 0 Å².